The van der Waals surface area contributed by atoms with Gasteiger partial charge in [-0.15, -0.1) is 0 Å². The molecule has 2 unspecified atom stereocenters. The summed E-state index contributed by atoms with van der Waals surface area (Å²) in [5.41, 5.74) is 1.36. The molecule has 1 heterocycles. The molecule has 0 amide bonds. The highest BCUT2D eigenvalue weighted by molar-refractivity contribution is 9.10. The van der Waals surface area contributed by atoms with E-state index in [-0.39, 0.29) is 0 Å². The molecule has 0 aromatic heterocycles. The molecular formula is C17H27BrN2. The molecule has 1 aliphatic rings. The van der Waals surface area contributed by atoms with Gasteiger partial charge in [0.1, 0.15) is 0 Å². The van der Waals surface area contributed by atoms with Gasteiger partial charge in [-0.25, -0.2) is 0 Å². The van der Waals surface area contributed by atoms with Crippen LogP contribution in [0.15, 0.2) is 28.7 Å². The Morgan fingerprint density at radius 1 is 1.10 bits per heavy atom. The highest BCUT2D eigenvalue weighted by Crippen LogP contribution is 2.20. The van der Waals surface area contributed by atoms with Gasteiger partial charge in [0.15, 0.2) is 0 Å². The number of hydrogen-bond donors (Lipinski definition) is 1. The van der Waals surface area contributed by atoms with Crippen molar-refractivity contribution in [2.45, 2.75) is 45.7 Å². The van der Waals surface area contributed by atoms with Crippen molar-refractivity contribution in [1.29, 1.82) is 0 Å². The summed E-state index contributed by atoms with van der Waals surface area (Å²) in [5.74, 6) is 0.706. The Bertz CT molecular complexity index is 396. The molecule has 0 spiro atoms. The first kappa shape index (κ1) is 16.0. The van der Waals surface area contributed by atoms with Crippen molar-refractivity contribution in [1.82, 2.24) is 10.2 Å². The highest BCUT2D eigenvalue weighted by atomic mass is 79.9. The molecule has 1 aromatic carbocycles. The number of benzene rings is 1. The van der Waals surface area contributed by atoms with Crippen LogP contribution in [0.2, 0.25) is 0 Å². The summed E-state index contributed by atoms with van der Waals surface area (Å²) >= 11 is 3.49. The fourth-order valence-electron chi connectivity index (χ4n) is 3.03. The second-order valence-electron chi connectivity index (χ2n) is 6.24. The van der Waals surface area contributed by atoms with Crippen molar-refractivity contribution in [2.75, 3.05) is 19.6 Å². The van der Waals surface area contributed by atoms with E-state index in [1.165, 1.54) is 31.5 Å². The lowest BCUT2D eigenvalue weighted by atomic mass is 10.0. The average molecular weight is 339 g/mol. The van der Waals surface area contributed by atoms with Gasteiger partial charge in [0.2, 0.25) is 0 Å². The van der Waals surface area contributed by atoms with Crippen LogP contribution in [0, 0.1) is 5.92 Å². The Morgan fingerprint density at radius 2 is 1.70 bits per heavy atom. The van der Waals surface area contributed by atoms with E-state index in [0.29, 0.717) is 18.0 Å². The lowest BCUT2D eigenvalue weighted by Crippen LogP contribution is -2.44. The van der Waals surface area contributed by atoms with Crippen molar-refractivity contribution in [2.24, 2.45) is 5.92 Å². The van der Waals surface area contributed by atoms with Crippen LogP contribution < -0.4 is 5.32 Å². The maximum Gasteiger partial charge on any atom is 0.0292 e. The first-order valence-electron chi connectivity index (χ1n) is 7.81. The van der Waals surface area contributed by atoms with Crippen LogP contribution >= 0.6 is 15.9 Å². The summed E-state index contributed by atoms with van der Waals surface area (Å²) < 4.78 is 1.14. The largest absolute Gasteiger partial charge is 0.309 e. The quantitative estimate of drug-likeness (QED) is 0.835. The van der Waals surface area contributed by atoms with E-state index in [4.69, 9.17) is 0 Å². The average Bonchev–Trinajstić information content (AvgIpc) is 2.93. The first-order valence-corrected chi connectivity index (χ1v) is 8.60. The van der Waals surface area contributed by atoms with E-state index in [1.54, 1.807) is 0 Å². The molecule has 20 heavy (non-hydrogen) atoms. The fraction of sp³-hybridized carbons (Fsp3) is 0.647. The third kappa shape index (κ3) is 4.31. The highest BCUT2D eigenvalue weighted by Gasteiger charge is 2.24. The van der Waals surface area contributed by atoms with Gasteiger partial charge in [0.25, 0.3) is 0 Å². The number of rotatable bonds is 6. The molecule has 0 aliphatic carbocycles. The second-order valence-corrected chi connectivity index (χ2v) is 7.15. The predicted octanol–water partition coefficient (Wildman–Crippen LogP) is 4.22. The van der Waals surface area contributed by atoms with Crippen molar-refractivity contribution < 1.29 is 0 Å². The summed E-state index contributed by atoms with van der Waals surface area (Å²) in [5, 5.41) is 3.72. The zero-order valence-corrected chi connectivity index (χ0v) is 14.5. The van der Waals surface area contributed by atoms with Crippen LogP contribution in [0.4, 0.5) is 0 Å². The van der Waals surface area contributed by atoms with Crippen LogP contribution in [0.1, 0.15) is 45.2 Å². The van der Waals surface area contributed by atoms with E-state index in [2.05, 4.69) is 71.2 Å². The van der Waals surface area contributed by atoms with Crippen LogP contribution in [0.25, 0.3) is 0 Å². The molecule has 1 N–H and O–H groups in total. The predicted molar refractivity (Wildman–Crippen MR) is 90.0 cm³/mol. The number of halogens is 1. The summed E-state index contributed by atoms with van der Waals surface area (Å²) in [6.45, 7) is 10.6. The molecule has 1 saturated heterocycles. The van der Waals surface area contributed by atoms with Crippen LogP contribution in [-0.4, -0.2) is 30.6 Å². The molecule has 2 nitrogen and oxygen atoms in total. The summed E-state index contributed by atoms with van der Waals surface area (Å²) in [7, 11) is 0. The fourth-order valence-corrected chi connectivity index (χ4v) is 3.29. The zero-order valence-electron chi connectivity index (χ0n) is 12.9. The van der Waals surface area contributed by atoms with E-state index in [1.807, 2.05) is 0 Å². The molecule has 1 aromatic rings. The Balaban J connectivity index is 1.89. The SMILES string of the molecule is CC(NCC(C(C)C)N1CCCC1)c1ccc(Br)cc1. The standard InChI is InChI=1S/C17H27BrN2/c1-13(2)17(20-10-4-5-11-20)12-19-14(3)15-6-8-16(18)9-7-15/h6-9,13-14,17,19H,4-5,10-12H2,1-3H3. The summed E-state index contributed by atoms with van der Waals surface area (Å²) in [4.78, 5) is 2.66. The van der Waals surface area contributed by atoms with Crippen molar-refractivity contribution in [3.63, 3.8) is 0 Å². The number of likely N-dealkylation sites (tertiary alicyclic amines) is 1. The summed E-state index contributed by atoms with van der Waals surface area (Å²) in [6.07, 6.45) is 2.73. The van der Waals surface area contributed by atoms with Gasteiger partial charge >= 0.3 is 0 Å². The van der Waals surface area contributed by atoms with Gasteiger partial charge in [-0.1, -0.05) is 41.9 Å². The van der Waals surface area contributed by atoms with Crippen LogP contribution in [-0.2, 0) is 0 Å². The third-order valence-electron chi connectivity index (χ3n) is 4.38. The van der Waals surface area contributed by atoms with Gasteiger partial charge in [0.05, 0.1) is 0 Å². The van der Waals surface area contributed by atoms with E-state index < -0.39 is 0 Å². The minimum absolute atomic E-state index is 0.409. The Morgan fingerprint density at radius 3 is 2.25 bits per heavy atom. The van der Waals surface area contributed by atoms with Gasteiger partial charge in [0, 0.05) is 23.1 Å². The van der Waals surface area contributed by atoms with Gasteiger partial charge in [-0.3, -0.25) is 4.90 Å². The minimum atomic E-state index is 0.409. The number of nitrogens with one attached hydrogen (secondary N) is 1. The number of hydrogen-bond acceptors (Lipinski definition) is 2. The maximum atomic E-state index is 3.72. The van der Waals surface area contributed by atoms with E-state index in [0.717, 1.165) is 11.0 Å². The Hall–Kier alpha value is -0.380. The molecule has 3 heteroatoms. The maximum absolute atomic E-state index is 3.72. The van der Waals surface area contributed by atoms with Crippen LogP contribution in [0.3, 0.4) is 0 Å². The Kier molecular flexibility index (Phi) is 6.06. The summed E-state index contributed by atoms with van der Waals surface area (Å²) in [6, 6.07) is 9.70. The second kappa shape index (κ2) is 7.58. The van der Waals surface area contributed by atoms with Crippen molar-refractivity contribution >= 4 is 15.9 Å². The molecule has 2 rings (SSSR count). The third-order valence-corrected chi connectivity index (χ3v) is 4.91. The lowest BCUT2D eigenvalue weighted by Gasteiger charge is -2.32. The lowest BCUT2D eigenvalue weighted by molar-refractivity contribution is 0.183. The van der Waals surface area contributed by atoms with Crippen molar-refractivity contribution in [3.05, 3.63) is 34.3 Å². The van der Waals surface area contributed by atoms with Crippen molar-refractivity contribution in [3.8, 4) is 0 Å². The molecule has 0 radical (unpaired) electrons. The van der Waals surface area contributed by atoms with Gasteiger partial charge in [-0.05, 0) is 56.5 Å². The molecule has 1 fully saturated rings. The molecular weight excluding hydrogens is 312 g/mol. The van der Waals surface area contributed by atoms with Gasteiger partial charge < -0.3 is 5.32 Å². The van der Waals surface area contributed by atoms with E-state index >= 15 is 0 Å². The normalized spacial score (nSPS) is 19.4. The zero-order chi connectivity index (χ0) is 14.5. The van der Waals surface area contributed by atoms with Crippen LogP contribution in [0.5, 0.6) is 0 Å². The Labute approximate surface area is 132 Å². The molecule has 0 saturated carbocycles. The molecule has 2 atom stereocenters. The first-order chi connectivity index (χ1) is 9.58. The topological polar surface area (TPSA) is 15.3 Å². The monoisotopic (exact) mass is 338 g/mol. The van der Waals surface area contributed by atoms with Gasteiger partial charge in [-0.2, -0.15) is 0 Å². The minimum Gasteiger partial charge on any atom is -0.309 e. The molecule has 0 bridgehead atoms. The smallest absolute Gasteiger partial charge is 0.0292 e. The number of nitrogens with zero attached hydrogens (tertiary/aromatic N) is 1. The van der Waals surface area contributed by atoms with E-state index in [9.17, 15) is 0 Å². The molecule has 112 valence electrons. The molecule has 1 aliphatic heterocycles.